The van der Waals surface area contributed by atoms with Crippen LogP contribution < -0.4 is 5.32 Å². The lowest BCUT2D eigenvalue weighted by Crippen LogP contribution is -2.31. The van der Waals surface area contributed by atoms with Crippen LogP contribution in [0.1, 0.15) is 40.0 Å². The molecule has 0 aromatic carbocycles. The Morgan fingerprint density at radius 3 is 2.56 bits per heavy atom. The first kappa shape index (κ1) is 13.9. The van der Waals surface area contributed by atoms with Crippen LogP contribution in [0.25, 0.3) is 0 Å². The molecule has 1 fully saturated rings. The van der Waals surface area contributed by atoms with Crippen LogP contribution in [-0.2, 0) is 4.74 Å². The van der Waals surface area contributed by atoms with Crippen molar-refractivity contribution in [1.82, 2.24) is 5.32 Å². The maximum absolute atomic E-state index is 9.19. The van der Waals surface area contributed by atoms with E-state index in [4.69, 9.17) is 4.74 Å². The van der Waals surface area contributed by atoms with Gasteiger partial charge in [-0.2, -0.15) is 0 Å². The van der Waals surface area contributed by atoms with E-state index in [-0.39, 0.29) is 5.60 Å². The molecular formula is C13H27NO2. The molecule has 0 spiro atoms. The predicted octanol–water partition coefficient (Wildman–Crippen LogP) is 1.80. The minimum absolute atomic E-state index is 0.0390. The summed E-state index contributed by atoms with van der Waals surface area (Å²) in [6, 6.07) is 0. The van der Waals surface area contributed by atoms with Crippen molar-refractivity contribution >= 4 is 0 Å². The van der Waals surface area contributed by atoms with Gasteiger partial charge in [0, 0.05) is 13.2 Å². The third kappa shape index (κ3) is 5.28. The highest BCUT2D eigenvalue weighted by atomic mass is 16.5. The van der Waals surface area contributed by atoms with E-state index >= 15 is 0 Å². The van der Waals surface area contributed by atoms with Crippen LogP contribution in [0.5, 0.6) is 0 Å². The van der Waals surface area contributed by atoms with E-state index in [0.29, 0.717) is 18.4 Å². The van der Waals surface area contributed by atoms with Crippen LogP contribution in [0.2, 0.25) is 0 Å². The largest absolute Gasteiger partial charge is 0.396 e. The first-order valence-corrected chi connectivity index (χ1v) is 6.48. The van der Waals surface area contributed by atoms with Crippen molar-refractivity contribution in [3.8, 4) is 0 Å². The standard InChI is InChI=1S/C13H27NO2/c1-13(2,3)16-8-7-14-9-11-5-4-6-12(11)10-15/h11-12,14-15H,4-10H2,1-3H3. The molecule has 0 heterocycles. The van der Waals surface area contributed by atoms with E-state index in [1.807, 2.05) is 0 Å². The number of aliphatic hydroxyl groups excluding tert-OH is 1. The normalized spacial score (nSPS) is 26.2. The Kier molecular flexibility index (Phi) is 5.73. The van der Waals surface area contributed by atoms with Gasteiger partial charge >= 0.3 is 0 Å². The molecule has 16 heavy (non-hydrogen) atoms. The number of ether oxygens (including phenoxy) is 1. The van der Waals surface area contributed by atoms with Gasteiger partial charge in [-0.1, -0.05) is 6.42 Å². The average Bonchev–Trinajstić information content (AvgIpc) is 2.63. The van der Waals surface area contributed by atoms with Crippen molar-refractivity contribution < 1.29 is 9.84 Å². The van der Waals surface area contributed by atoms with E-state index < -0.39 is 0 Å². The fourth-order valence-electron chi connectivity index (χ4n) is 2.34. The molecule has 2 unspecified atom stereocenters. The minimum Gasteiger partial charge on any atom is -0.396 e. The first-order valence-electron chi connectivity index (χ1n) is 6.48. The zero-order valence-electron chi connectivity index (χ0n) is 11.0. The van der Waals surface area contributed by atoms with Crippen molar-refractivity contribution in [3.05, 3.63) is 0 Å². The smallest absolute Gasteiger partial charge is 0.0599 e. The number of aliphatic hydroxyl groups is 1. The summed E-state index contributed by atoms with van der Waals surface area (Å²) in [7, 11) is 0. The summed E-state index contributed by atoms with van der Waals surface area (Å²) >= 11 is 0. The molecule has 0 radical (unpaired) electrons. The summed E-state index contributed by atoms with van der Waals surface area (Å²) in [4.78, 5) is 0. The Hall–Kier alpha value is -0.120. The highest BCUT2D eigenvalue weighted by Gasteiger charge is 2.25. The molecule has 0 aliphatic heterocycles. The Balaban J connectivity index is 2.03. The van der Waals surface area contributed by atoms with Crippen LogP contribution in [0.3, 0.4) is 0 Å². The lowest BCUT2D eigenvalue weighted by atomic mass is 9.97. The molecule has 96 valence electrons. The van der Waals surface area contributed by atoms with Gasteiger partial charge in [-0.05, 0) is 52.0 Å². The summed E-state index contributed by atoms with van der Waals surface area (Å²) in [5.74, 6) is 1.19. The number of hydrogen-bond acceptors (Lipinski definition) is 3. The lowest BCUT2D eigenvalue weighted by Gasteiger charge is -2.21. The molecule has 2 N–H and O–H groups in total. The second-order valence-electron chi connectivity index (χ2n) is 5.80. The van der Waals surface area contributed by atoms with E-state index in [2.05, 4.69) is 26.1 Å². The van der Waals surface area contributed by atoms with E-state index in [1.54, 1.807) is 0 Å². The fraction of sp³-hybridized carbons (Fsp3) is 1.00. The quantitative estimate of drug-likeness (QED) is 0.682. The molecule has 0 saturated heterocycles. The van der Waals surface area contributed by atoms with Gasteiger partial charge in [0.05, 0.1) is 12.2 Å². The number of rotatable bonds is 6. The molecule has 2 atom stereocenters. The molecular weight excluding hydrogens is 202 g/mol. The summed E-state index contributed by atoms with van der Waals surface area (Å²) in [6.07, 6.45) is 3.73. The zero-order valence-corrected chi connectivity index (χ0v) is 11.0. The van der Waals surface area contributed by atoms with Crippen molar-refractivity contribution in [2.75, 3.05) is 26.3 Å². The van der Waals surface area contributed by atoms with Crippen molar-refractivity contribution in [3.63, 3.8) is 0 Å². The molecule has 0 aromatic rings. The van der Waals surface area contributed by atoms with Crippen LogP contribution in [0.4, 0.5) is 0 Å². The molecule has 1 aliphatic rings. The zero-order chi connectivity index (χ0) is 12.0. The molecule has 0 amide bonds. The summed E-state index contributed by atoms with van der Waals surface area (Å²) in [5, 5.41) is 12.6. The van der Waals surface area contributed by atoms with Gasteiger partial charge in [0.25, 0.3) is 0 Å². The summed E-state index contributed by atoms with van der Waals surface area (Å²) in [5.41, 5.74) is -0.0390. The van der Waals surface area contributed by atoms with E-state index in [0.717, 1.165) is 19.7 Å². The van der Waals surface area contributed by atoms with Gasteiger partial charge in [-0.3, -0.25) is 0 Å². The Morgan fingerprint density at radius 1 is 1.25 bits per heavy atom. The van der Waals surface area contributed by atoms with Gasteiger partial charge in [0.15, 0.2) is 0 Å². The molecule has 3 nitrogen and oxygen atoms in total. The maximum atomic E-state index is 9.19. The summed E-state index contributed by atoms with van der Waals surface area (Å²) in [6.45, 7) is 9.28. The number of hydrogen-bond donors (Lipinski definition) is 2. The lowest BCUT2D eigenvalue weighted by molar-refractivity contribution is -0.00118. The minimum atomic E-state index is -0.0390. The van der Waals surface area contributed by atoms with Crippen LogP contribution >= 0.6 is 0 Å². The van der Waals surface area contributed by atoms with Gasteiger partial charge in [0.1, 0.15) is 0 Å². The monoisotopic (exact) mass is 229 g/mol. The Bertz CT molecular complexity index is 189. The first-order chi connectivity index (χ1) is 7.53. The van der Waals surface area contributed by atoms with Crippen molar-refractivity contribution in [1.29, 1.82) is 0 Å². The highest BCUT2D eigenvalue weighted by Crippen LogP contribution is 2.30. The second kappa shape index (κ2) is 6.58. The van der Waals surface area contributed by atoms with Crippen LogP contribution in [0.15, 0.2) is 0 Å². The van der Waals surface area contributed by atoms with Crippen molar-refractivity contribution in [2.24, 2.45) is 11.8 Å². The molecule has 1 rings (SSSR count). The SMILES string of the molecule is CC(C)(C)OCCNCC1CCCC1CO. The van der Waals surface area contributed by atoms with Gasteiger partial charge < -0.3 is 15.2 Å². The predicted molar refractivity (Wildman–Crippen MR) is 66.5 cm³/mol. The molecule has 1 aliphatic carbocycles. The van der Waals surface area contributed by atoms with Crippen LogP contribution in [-0.4, -0.2) is 37.0 Å². The van der Waals surface area contributed by atoms with Gasteiger partial charge in [0.2, 0.25) is 0 Å². The van der Waals surface area contributed by atoms with Gasteiger partial charge in [-0.15, -0.1) is 0 Å². The molecule has 1 saturated carbocycles. The Labute approximate surface area is 99.6 Å². The van der Waals surface area contributed by atoms with Crippen LogP contribution in [0, 0.1) is 11.8 Å². The fourth-order valence-corrected chi connectivity index (χ4v) is 2.34. The average molecular weight is 229 g/mol. The van der Waals surface area contributed by atoms with E-state index in [9.17, 15) is 5.11 Å². The maximum Gasteiger partial charge on any atom is 0.0599 e. The Morgan fingerprint density at radius 2 is 1.94 bits per heavy atom. The molecule has 0 bridgehead atoms. The number of nitrogens with one attached hydrogen (secondary N) is 1. The molecule has 3 heteroatoms. The topological polar surface area (TPSA) is 41.5 Å². The summed E-state index contributed by atoms with van der Waals surface area (Å²) < 4.78 is 5.64. The third-order valence-electron chi connectivity index (χ3n) is 3.27. The third-order valence-corrected chi connectivity index (χ3v) is 3.27. The van der Waals surface area contributed by atoms with Gasteiger partial charge in [-0.25, -0.2) is 0 Å². The van der Waals surface area contributed by atoms with E-state index in [1.165, 1.54) is 19.3 Å². The molecule has 0 aromatic heterocycles. The second-order valence-corrected chi connectivity index (χ2v) is 5.80. The highest BCUT2D eigenvalue weighted by molar-refractivity contribution is 4.78. The van der Waals surface area contributed by atoms with Crippen molar-refractivity contribution in [2.45, 2.75) is 45.6 Å².